The summed E-state index contributed by atoms with van der Waals surface area (Å²) in [7, 11) is 0. The molecular weight excluding hydrogens is 330 g/mol. The Morgan fingerprint density at radius 1 is 1.26 bits per heavy atom. The predicted molar refractivity (Wildman–Crippen MR) is 93.8 cm³/mol. The lowest BCUT2D eigenvalue weighted by atomic mass is 10.2. The van der Waals surface area contributed by atoms with Crippen LogP contribution in [0.4, 0.5) is 0 Å². The first-order valence-corrected chi connectivity index (χ1v) is 8.48. The minimum Gasteiger partial charge on any atom is -0.467 e. The van der Waals surface area contributed by atoms with Crippen LogP contribution in [0.25, 0.3) is 11.4 Å². The molecule has 0 aliphatic carbocycles. The number of aromatic nitrogens is 3. The van der Waals surface area contributed by atoms with Crippen molar-refractivity contribution in [3.8, 4) is 11.4 Å². The summed E-state index contributed by atoms with van der Waals surface area (Å²) in [6, 6.07) is 11.4. The second-order valence-corrected chi connectivity index (χ2v) is 6.60. The Morgan fingerprint density at radius 2 is 2.04 bits per heavy atom. The van der Waals surface area contributed by atoms with Gasteiger partial charge in [0.2, 0.25) is 0 Å². The summed E-state index contributed by atoms with van der Waals surface area (Å²) in [5.41, 5.74) is 2.06. The van der Waals surface area contributed by atoms with E-state index >= 15 is 0 Å². The zero-order valence-electron chi connectivity index (χ0n) is 12.7. The Labute approximate surface area is 144 Å². The van der Waals surface area contributed by atoms with Crippen LogP contribution in [0.1, 0.15) is 12.7 Å². The molecule has 0 aliphatic heterocycles. The molecule has 0 unspecified atom stereocenters. The van der Waals surface area contributed by atoms with Crippen molar-refractivity contribution in [2.75, 3.05) is 5.75 Å². The van der Waals surface area contributed by atoms with E-state index in [4.69, 9.17) is 16.0 Å². The van der Waals surface area contributed by atoms with Crippen LogP contribution in [0.15, 0.2) is 64.4 Å². The molecule has 6 heteroatoms. The smallest absolute Gasteiger partial charge is 0.192 e. The monoisotopic (exact) mass is 345 g/mol. The third kappa shape index (κ3) is 3.86. The highest BCUT2D eigenvalue weighted by molar-refractivity contribution is 7.99. The molecule has 2 heterocycles. The van der Waals surface area contributed by atoms with E-state index in [-0.39, 0.29) is 0 Å². The Morgan fingerprint density at radius 3 is 2.70 bits per heavy atom. The standard InChI is InChI=1S/C17H16ClN3OS/c1-12(2)11-23-17-20-19-16(13-5-7-14(18)8-6-13)21(17)10-15-4-3-9-22-15/h3-9H,1,10-11H2,2H3. The molecule has 2 aromatic heterocycles. The van der Waals surface area contributed by atoms with Gasteiger partial charge in [0, 0.05) is 16.3 Å². The summed E-state index contributed by atoms with van der Waals surface area (Å²) in [5.74, 6) is 2.45. The van der Waals surface area contributed by atoms with Gasteiger partial charge in [-0.15, -0.1) is 10.2 Å². The maximum absolute atomic E-state index is 5.97. The molecule has 0 spiro atoms. The summed E-state index contributed by atoms with van der Waals surface area (Å²) in [6.07, 6.45) is 1.67. The van der Waals surface area contributed by atoms with Crippen molar-refractivity contribution in [1.29, 1.82) is 0 Å². The van der Waals surface area contributed by atoms with Crippen molar-refractivity contribution >= 4 is 23.4 Å². The average Bonchev–Trinajstić information content (AvgIpc) is 3.17. The summed E-state index contributed by atoms with van der Waals surface area (Å²) in [5, 5.41) is 10.2. The predicted octanol–water partition coefficient (Wildman–Crippen LogP) is 4.91. The van der Waals surface area contributed by atoms with Gasteiger partial charge in [0.15, 0.2) is 11.0 Å². The van der Waals surface area contributed by atoms with E-state index in [0.29, 0.717) is 11.6 Å². The van der Waals surface area contributed by atoms with Gasteiger partial charge in [-0.05, 0) is 43.3 Å². The fourth-order valence-electron chi connectivity index (χ4n) is 2.10. The van der Waals surface area contributed by atoms with Crippen LogP contribution in [0.5, 0.6) is 0 Å². The van der Waals surface area contributed by atoms with Crippen molar-refractivity contribution in [3.05, 3.63) is 65.6 Å². The van der Waals surface area contributed by atoms with Crippen LogP contribution < -0.4 is 0 Å². The number of thioether (sulfide) groups is 1. The average molecular weight is 346 g/mol. The molecule has 23 heavy (non-hydrogen) atoms. The van der Waals surface area contributed by atoms with E-state index in [0.717, 1.165) is 33.6 Å². The van der Waals surface area contributed by atoms with E-state index in [1.54, 1.807) is 18.0 Å². The molecule has 0 radical (unpaired) electrons. The first kappa shape index (κ1) is 15.9. The minimum atomic E-state index is 0.580. The Balaban J connectivity index is 1.97. The van der Waals surface area contributed by atoms with Crippen molar-refractivity contribution in [3.63, 3.8) is 0 Å². The van der Waals surface area contributed by atoms with Crippen molar-refractivity contribution < 1.29 is 4.42 Å². The number of halogens is 1. The quantitative estimate of drug-likeness (QED) is 0.470. The number of hydrogen-bond acceptors (Lipinski definition) is 4. The second kappa shape index (κ2) is 7.06. The number of nitrogens with zero attached hydrogens (tertiary/aromatic N) is 3. The Kier molecular flexibility index (Phi) is 4.88. The first-order valence-electron chi connectivity index (χ1n) is 7.12. The van der Waals surface area contributed by atoms with Crippen LogP contribution in [0.3, 0.4) is 0 Å². The zero-order valence-corrected chi connectivity index (χ0v) is 14.3. The molecule has 0 bridgehead atoms. The normalized spacial score (nSPS) is 10.9. The maximum atomic E-state index is 5.97. The van der Waals surface area contributed by atoms with E-state index in [2.05, 4.69) is 21.3 Å². The second-order valence-electron chi connectivity index (χ2n) is 5.22. The van der Waals surface area contributed by atoms with E-state index in [1.165, 1.54) is 0 Å². The molecule has 1 aromatic carbocycles. The highest BCUT2D eigenvalue weighted by Crippen LogP contribution is 2.27. The molecule has 0 aliphatic rings. The number of benzene rings is 1. The summed E-state index contributed by atoms with van der Waals surface area (Å²) < 4.78 is 7.52. The first-order chi connectivity index (χ1) is 11.1. The third-order valence-corrected chi connectivity index (χ3v) is 4.61. The summed E-state index contributed by atoms with van der Waals surface area (Å²) in [4.78, 5) is 0. The van der Waals surface area contributed by atoms with Crippen LogP contribution in [-0.4, -0.2) is 20.5 Å². The van der Waals surface area contributed by atoms with Crippen molar-refractivity contribution in [1.82, 2.24) is 14.8 Å². The van der Waals surface area contributed by atoms with Gasteiger partial charge in [-0.3, -0.25) is 4.57 Å². The van der Waals surface area contributed by atoms with Crippen molar-refractivity contribution in [2.45, 2.75) is 18.6 Å². The number of hydrogen-bond donors (Lipinski definition) is 0. The zero-order chi connectivity index (χ0) is 16.2. The lowest BCUT2D eigenvalue weighted by molar-refractivity contribution is 0.485. The third-order valence-electron chi connectivity index (χ3n) is 3.16. The number of rotatable bonds is 6. The molecule has 0 fully saturated rings. The molecular formula is C17H16ClN3OS. The Hall–Kier alpha value is -1.98. The molecule has 0 N–H and O–H groups in total. The molecule has 0 amide bonds. The van der Waals surface area contributed by atoms with Gasteiger partial charge in [0.1, 0.15) is 5.76 Å². The van der Waals surface area contributed by atoms with Gasteiger partial charge in [-0.25, -0.2) is 0 Å². The topological polar surface area (TPSA) is 43.9 Å². The summed E-state index contributed by atoms with van der Waals surface area (Å²) in [6.45, 7) is 6.52. The van der Waals surface area contributed by atoms with Gasteiger partial charge in [-0.1, -0.05) is 35.5 Å². The molecule has 0 saturated heterocycles. The maximum Gasteiger partial charge on any atom is 0.192 e. The van der Waals surface area contributed by atoms with Crippen LogP contribution >= 0.6 is 23.4 Å². The molecule has 0 atom stereocenters. The van der Waals surface area contributed by atoms with Crippen molar-refractivity contribution in [2.24, 2.45) is 0 Å². The van der Waals surface area contributed by atoms with Gasteiger partial charge in [0.25, 0.3) is 0 Å². The minimum absolute atomic E-state index is 0.580. The van der Waals surface area contributed by atoms with E-state index in [9.17, 15) is 0 Å². The fourth-order valence-corrected chi connectivity index (χ4v) is 3.00. The van der Waals surface area contributed by atoms with Crippen LogP contribution in [-0.2, 0) is 6.54 Å². The van der Waals surface area contributed by atoms with Gasteiger partial charge < -0.3 is 4.42 Å². The van der Waals surface area contributed by atoms with Gasteiger partial charge >= 0.3 is 0 Å². The lowest BCUT2D eigenvalue weighted by Gasteiger charge is -2.09. The largest absolute Gasteiger partial charge is 0.467 e. The molecule has 3 aromatic rings. The fraction of sp³-hybridized carbons (Fsp3) is 0.176. The summed E-state index contributed by atoms with van der Waals surface area (Å²) >= 11 is 7.59. The lowest BCUT2D eigenvalue weighted by Crippen LogP contribution is -2.03. The van der Waals surface area contributed by atoms with Gasteiger partial charge in [-0.2, -0.15) is 0 Å². The van der Waals surface area contributed by atoms with Crippen LogP contribution in [0, 0.1) is 0 Å². The van der Waals surface area contributed by atoms with E-state index in [1.807, 2.05) is 43.3 Å². The molecule has 0 saturated carbocycles. The number of furan rings is 1. The SMILES string of the molecule is C=C(C)CSc1nnc(-c2ccc(Cl)cc2)n1Cc1ccco1. The Bertz CT molecular complexity index is 794. The highest BCUT2D eigenvalue weighted by atomic mass is 35.5. The molecule has 3 rings (SSSR count). The van der Waals surface area contributed by atoms with E-state index < -0.39 is 0 Å². The highest BCUT2D eigenvalue weighted by Gasteiger charge is 2.15. The van der Waals surface area contributed by atoms with Crippen LogP contribution in [0.2, 0.25) is 5.02 Å². The molecule has 4 nitrogen and oxygen atoms in total. The molecule has 118 valence electrons. The van der Waals surface area contributed by atoms with Gasteiger partial charge in [0.05, 0.1) is 12.8 Å².